The number of carbonyl (C=O) groups is 1. The van der Waals surface area contributed by atoms with Gasteiger partial charge in [0.2, 0.25) is 10.9 Å². The van der Waals surface area contributed by atoms with Crippen LogP contribution in [0.1, 0.15) is 11.9 Å². The number of nitrogens with zero attached hydrogens (tertiary/aromatic N) is 3. The average molecular weight is 317 g/mol. The molecule has 0 saturated carbocycles. The summed E-state index contributed by atoms with van der Waals surface area (Å²) in [5, 5.41) is 5.05. The number of hydrogen-bond acceptors (Lipinski definition) is 5. The molecular weight excluding hydrogens is 307 g/mol. The molecule has 21 heavy (non-hydrogen) atoms. The number of carbonyl (C=O) groups excluding carboxylic acids is 1. The van der Waals surface area contributed by atoms with Gasteiger partial charge in [0.1, 0.15) is 0 Å². The highest BCUT2D eigenvalue weighted by atomic mass is 32.1. The summed E-state index contributed by atoms with van der Waals surface area (Å²) in [5.74, 6) is -0.0145. The van der Waals surface area contributed by atoms with E-state index in [9.17, 15) is 18.0 Å². The smallest absolute Gasteiger partial charge is 0.428 e. The van der Waals surface area contributed by atoms with E-state index in [0.29, 0.717) is 17.0 Å². The molecule has 0 bridgehead atoms. The van der Waals surface area contributed by atoms with Crippen LogP contribution >= 0.6 is 11.3 Å². The summed E-state index contributed by atoms with van der Waals surface area (Å²) in [6, 6.07) is 6.47. The Balaban J connectivity index is 2.28. The van der Waals surface area contributed by atoms with Crippen LogP contribution in [0.2, 0.25) is 0 Å². The molecule has 0 aliphatic rings. The average Bonchev–Trinajstić information content (AvgIpc) is 2.87. The van der Waals surface area contributed by atoms with E-state index < -0.39 is 11.2 Å². The number of amides is 1. The molecule has 1 aromatic carbocycles. The highest BCUT2D eigenvalue weighted by Gasteiger charge is 2.36. The van der Waals surface area contributed by atoms with Crippen molar-refractivity contribution in [2.75, 3.05) is 11.9 Å². The first kappa shape index (κ1) is 15.2. The van der Waals surface area contributed by atoms with E-state index in [4.69, 9.17) is 4.74 Å². The molecule has 0 fully saturated rings. The number of para-hydroxylation sites is 2. The maximum atomic E-state index is 12.5. The third-order valence-corrected chi connectivity index (χ3v) is 3.39. The summed E-state index contributed by atoms with van der Waals surface area (Å²) >= 11 is 0.291. The van der Waals surface area contributed by atoms with E-state index >= 15 is 0 Å². The molecule has 0 saturated heterocycles. The molecule has 2 rings (SSSR count). The van der Waals surface area contributed by atoms with Gasteiger partial charge in [-0.3, -0.25) is 4.79 Å². The molecule has 112 valence electrons. The predicted molar refractivity (Wildman–Crippen MR) is 70.5 cm³/mol. The molecule has 2 aromatic rings. The first-order valence-corrected chi connectivity index (χ1v) is 6.52. The lowest BCUT2D eigenvalue weighted by molar-refractivity contribution is -0.138. The molecule has 0 unspecified atom stereocenters. The van der Waals surface area contributed by atoms with Crippen LogP contribution in [-0.4, -0.2) is 23.2 Å². The Bertz CT molecular complexity index is 657. The molecule has 0 aliphatic heterocycles. The van der Waals surface area contributed by atoms with Gasteiger partial charge in [-0.15, -0.1) is 5.10 Å². The topological polar surface area (TPSA) is 55.3 Å². The van der Waals surface area contributed by atoms with Crippen LogP contribution in [0.25, 0.3) is 0 Å². The number of alkyl halides is 3. The second-order valence-corrected chi connectivity index (χ2v) is 4.96. The molecule has 1 heterocycles. The standard InChI is InChI=1S/C12H10F3N3O2S/c1-7(19)18(2)8-5-3-4-6-9(8)20-11-17-16-10(21-11)12(13,14)15/h3-6H,1-2H3. The second kappa shape index (κ2) is 5.68. The summed E-state index contributed by atoms with van der Waals surface area (Å²) in [4.78, 5) is 12.7. The van der Waals surface area contributed by atoms with Crippen LogP contribution in [0.5, 0.6) is 10.9 Å². The van der Waals surface area contributed by atoms with Crippen LogP contribution in [0.3, 0.4) is 0 Å². The van der Waals surface area contributed by atoms with Gasteiger partial charge in [0.05, 0.1) is 5.69 Å². The monoisotopic (exact) mass is 317 g/mol. The van der Waals surface area contributed by atoms with Crippen LogP contribution in [0, 0.1) is 0 Å². The number of rotatable bonds is 3. The van der Waals surface area contributed by atoms with E-state index in [-0.39, 0.29) is 16.9 Å². The molecule has 1 aromatic heterocycles. The van der Waals surface area contributed by atoms with Gasteiger partial charge in [0, 0.05) is 14.0 Å². The summed E-state index contributed by atoms with van der Waals surface area (Å²) in [5.41, 5.74) is 0.425. The van der Waals surface area contributed by atoms with Crippen LogP contribution < -0.4 is 9.64 Å². The largest absolute Gasteiger partial charge is 0.445 e. The SMILES string of the molecule is CC(=O)N(C)c1ccccc1Oc1nnc(C(F)(F)F)s1. The van der Waals surface area contributed by atoms with E-state index in [0.717, 1.165) is 0 Å². The third-order valence-electron chi connectivity index (χ3n) is 2.55. The number of aromatic nitrogens is 2. The number of halogens is 3. The second-order valence-electron chi connectivity index (χ2n) is 4.02. The van der Waals surface area contributed by atoms with Crippen molar-refractivity contribution in [1.29, 1.82) is 0 Å². The molecule has 9 heteroatoms. The normalized spacial score (nSPS) is 11.3. The lowest BCUT2D eigenvalue weighted by Crippen LogP contribution is -2.23. The van der Waals surface area contributed by atoms with E-state index in [1.807, 2.05) is 0 Å². The maximum Gasteiger partial charge on any atom is 0.445 e. The van der Waals surface area contributed by atoms with Gasteiger partial charge in [-0.25, -0.2) is 0 Å². The van der Waals surface area contributed by atoms with Gasteiger partial charge in [0.25, 0.3) is 5.19 Å². The summed E-state index contributed by atoms with van der Waals surface area (Å²) in [6.07, 6.45) is -4.56. The van der Waals surface area contributed by atoms with Crippen molar-refractivity contribution in [3.05, 3.63) is 29.3 Å². The van der Waals surface area contributed by atoms with Crippen molar-refractivity contribution < 1.29 is 22.7 Å². The minimum absolute atomic E-state index is 0.222. The highest BCUT2D eigenvalue weighted by Crippen LogP contribution is 2.37. The first-order chi connectivity index (χ1) is 9.79. The molecule has 5 nitrogen and oxygen atoms in total. The zero-order chi connectivity index (χ0) is 15.6. The van der Waals surface area contributed by atoms with Crippen molar-refractivity contribution in [2.24, 2.45) is 0 Å². The molecule has 0 atom stereocenters. The molecule has 0 radical (unpaired) electrons. The van der Waals surface area contributed by atoms with Crippen molar-refractivity contribution in [3.8, 4) is 10.9 Å². The van der Waals surface area contributed by atoms with Crippen LogP contribution in [0.4, 0.5) is 18.9 Å². The Kier molecular flexibility index (Phi) is 4.12. The van der Waals surface area contributed by atoms with Crippen molar-refractivity contribution >= 4 is 22.9 Å². The maximum absolute atomic E-state index is 12.5. The predicted octanol–water partition coefficient (Wildman–Crippen LogP) is 3.33. The fraction of sp³-hybridized carbons (Fsp3) is 0.250. The number of hydrogen-bond donors (Lipinski definition) is 0. The number of benzene rings is 1. The number of anilines is 1. The van der Waals surface area contributed by atoms with Gasteiger partial charge in [-0.1, -0.05) is 28.6 Å². The zero-order valence-corrected chi connectivity index (χ0v) is 11.8. The minimum Gasteiger partial charge on any atom is -0.428 e. The summed E-state index contributed by atoms with van der Waals surface area (Å²) in [6.45, 7) is 1.36. The number of ether oxygens (including phenoxy) is 1. The lowest BCUT2D eigenvalue weighted by Gasteiger charge is -2.17. The highest BCUT2D eigenvalue weighted by molar-refractivity contribution is 7.13. The summed E-state index contributed by atoms with van der Waals surface area (Å²) in [7, 11) is 1.53. The Hall–Kier alpha value is -2.16. The van der Waals surface area contributed by atoms with Gasteiger partial charge in [0.15, 0.2) is 5.75 Å². The Labute approximate surface area is 122 Å². The van der Waals surface area contributed by atoms with Crippen LogP contribution in [0.15, 0.2) is 24.3 Å². The Morgan fingerprint density at radius 1 is 1.29 bits per heavy atom. The Morgan fingerprint density at radius 2 is 1.95 bits per heavy atom. The molecule has 1 amide bonds. The van der Waals surface area contributed by atoms with Crippen molar-refractivity contribution in [3.63, 3.8) is 0 Å². The van der Waals surface area contributed by atoms with Crippen LogP contribution in [-0.2, 0) is 11.0 Å². The zero-order valence-electron chi connectivity index (χ0n) is 11.0. The third kappa shape index (κ3) is 3.48. The molecule has 0 aliphatic carbocycles. The van der Waals surface area contributed by atoms with Gasteiger partial charge in [-0.2, -0.15) is 13.2 Å². The fourth-order valence-electron chi connectivity index (χ4n) is 1.45. The van der Waals surface area contributed by atoms with E-state index in [1.165, 1.54) is 24.9 Å². The van der Waals surface area contributed by atoms with Gasteiger partial charge >= 0.3 is 6.18 Å². The molecule has 0 N–H and O–H groups in total. The molecule has 0 spiro atoms. The first-order valence-electron chi connectivity index (χ1n) is 5.71. The van der Waals surface area contributed by atoms with Crippen molar-refractivity contribution in [1.82, 2.24) is 10.2 Å². The fourth-order valence-corrected chi connectivity index (χ4v) is 2.03. The van der Waals surface area contributed by atoms with E-state index in [1.54, 1.807) is 18.2 Å². The summed E-state index contributed by atoms with van der Waals surface area (Å²) < 4.78 is 42.7. The molecular formula is C12H10F3N3O2S. The van der Waals surface area contributed by atoms with E-state index in [2.05, 4.69) is 10.2 Å². The lowest BCUT2D eigenvalue weighted by atomic mass is 10.2. The van der Waals surface area contributed by atoms with Gasteiger partial charge < -0.3 is 9.64 Å². The van der Waals surface area contributed by atoms with Crippen molar-refractivity contribution in [2.45, 2.75) is 13.1 Å². The quantitative estimate of drug-likeness (QED) is 0.871. The minimum atomic E-state index is -4.56. The Morgan fingerprint density at radius 3 is 2.52 bits per heavy atom. The van der Waals surface area contributed by atoms with Gasteiger partial charge in [-0.05, 0) is 12.1 Å².